The topological polar surface area (TPSA) is 66.6 Å². The Morgan fingerprint density at radius 2 is 2.35 bits per heavy atom. The number of nitrogens with zero attached hydrogens (tertiary/aromatic N) is 2. The third kappa shape index (κ3) is 2.94. The third-order valence-electron chi connectivity index (χ3n) is 2.88. The molecule has 1 atom stereocenters. The molecule has 2 rings (SSSR count). The molecular weight excluding hydrogens is 244 g/mol. The Labute approximate surface area is 104 Å². The average molecular weight is 257 g/mol. The Hall–Kier alpha value is -1.17. The Morgan fingerprint density at radius 3 is 2.94 bits per heavy atom. The van der Waals surface area contributed by atoms with Crippen molar-refractivity contribution in [2.24, 2.45) is 0 Å². The lowest BCUT2D eigenvalue weighted by molar-refractivity contribution is -0.385. The van der Waals surface area contributed by atoms with Gasteiger partial charge in [0.15, 0.2) is 0 Å². The van der Waals surface area contributed by atoms with Gasteiger partial charge in [0, 0.05) is 36.3 Å². The summed E-state index contributed by atoms with van der Waals surface area (Å²) in [6.07, 6.45) is 0.391. The van der Waals surface area contributed by atoms with Gasteiger partial charge in [0.05, 0.1) is 11.0 Å². The van der Waals surface area contributed by atoms with E-state index in [1.54, 1.807) is 6.07 Å². The maximum Gasteiger partial charge on any atom is 0.273 e. The summed E-state index contributed by atoms with van der Waals surface area (Å²) in [6.45, 7) is 1.77. The van der Waals surface area contributed by atoms with E-state index in [1.807, 2.05) is 4.90 Å². The van der Waals surface area contributed by atoms with Gasteiger partial charge in [0.1, 0.15) is 0 Å². The fourth-order valence-corrected chi connectivity index (χ4v) is 2.25. The molecule has 1 fully saturated rings. The van der Waals surface area contributed by atoms with Gasteiger partial charge in [-0.1, -0.05) is 11.6 Å². The molecule has 1 aromatic rings. The maximum absolute atomic E-state index is 10.9. The van der Waals surface area contributed by atoms with Crippen molar-refractivity contribution in [1.82, 2.24) is 4.90 Å². The molecule has 0 spiro atoms. The molecule has 0 saturated carbocycles. The lowest BCUT2D eigenvalue weighted by Gasteiger charge is -2.14. The Balaban J connectivity index is 2.19. The summed E-state index contributed by atoms with van der Waals surface area (Å²) in [5, 5.41) is 20.8. The van der Waals surface area contributed by atoms with E-state index < -0.39 is 4.92 Å². The summed E-state index contributed by atoms with van der Waals surface area (Å²) >= 11 is 5.85. The number of β-amino-alcohol motifs (C(OH)–C–C–N with tert-alkyl or cyclic N) is 1. The van der Waals surface area contributed by atoms with Crippen molar-refractivity contribution < 1.29 is 10.0 Å². The molecule has 0 amide bonds. The highest BCUT2D eigenvalue weighted by Gasteiger charge is 2.23. The zero-order chi connectivity index (χ0) is 12.4. The van der Waals surface area contributed by atoms with E-state index >= 15 is 0 Å². The molecular formula is C11H13ClN2O3. The van der Waals surface area contributed by atoms with Gasteiger partial charge in [-0.3, -0.25) is 15.0 Å². The highest BCUT2D eigenvalue weighted by Crippen LogP contribution is 2.25. The molecule has 1 N–H and O–H groups in total. The second kappa shape index (κ2) is 5.00. The average Bonchev–Trinajstić information content (AvgIpc) is 2.63. The lowest BCUT2D eigenvalue weighted by Crippen LogP contribution is -2.22. The molecule has 1 heterocycles. The van der Waals surface area contributed by atoms with Gasteiger partial charge in [0.2, 0.25) is 0 Å². The number of benzene rings is 1. The predicted octanol–water partition coefficient (Wildman–Crippen LogP) is 1.81. The first-order valence-corrected chi connectivity index (χ1v) is 5.77. The maximum atomic E-state index is 10.9. The van der Waals surface area contributed by atoms with E-state index in [0.717, 1.165) is 6.54 Å². The predicted molar refractivity (Wildman–Crippen MR) is 64.0 cm³/mol. The van der Waals surface area contributed by atoms with Crippen LogP contribution in [0, 0.1) is 10.1 Å². The molecule has 0 aliphatic carbocycles. The summed E-state index contributed by atoms with van der Waals surface area (Å²) in [5.74, 6) is 0. The molecule has 17 heavy (non-hydrogen) atoms. The van der Waals surface area contributed by atoms with Gasteiger partial charge in [0.25, 0.3) is 5.69 Å². The van der Waals surface area contributed by atoms with Gasteiger partial charge >= 0.3 is 0 Å². The van der Waals surface area contributed by atoms with E-state index in [1.165, 1.54) is 12.1 Å². The van der Waals surface area contributed by atoms with Gasteiger partial charge in [-0.15, -0.1) is 0 Å². The SMILES string of the molecule is O=[N+]([O-])c1ccc(Cl)cc1CN1CC[C@@H](O)C1. The number of halogens is 1. The minimum atomic E-state index is -0.405. The van der Waals surface area contributed by atoms with E-state index in [0.29, 0.717) is 30.1 Å². The standard InChI is InChI=1S/C11H13ClN2O3/c12-9-1-2-11(14(16)17)8(5-9)6-13-4-3-10(15)7-13/h1-2,5,10,15H,3-4,6-7H2/t10-/m1/s1. The second-order valence-corrected chi connectivity index (χ2v) is 4.64. The summed E-state index contributed by atoms with van der Waals surface area (Å²) < 4.78 is 0. The van der Waals surface area contributed by atoms with Crippen LogP contribution in [0.5, 0.6) is 0 Å². The molecule has 0 aromatic heterocycles. The van der Waals surface area contributed by atoms with Crippen LogP contribution in [0.25, 0.3) is 0 Å². The second-order valence-electron chi connectivity index (χ2n) is 4.21. The van der Waals surface area contributed by atoms with Crippen LogP contribution >= 0.6 is 11.6 Å². The minimum Gasteiger partial charge on any atom is -0.392 e. The number of hydrogen-bond donors (Lipinski definition) is 1. The van der Waals surface area contributed by atoms with Gasteiger partial charge in [-0.05, 0) is 18.6 Å². The summed E-state index contributed by atoms with van der Waals surface area (Å²) in [7, 11) is 0. The van der Waals surface area contributed by atoms with E-state index in [9.17, 15) is 15.2 Å². The van der Waals surface area contributed by atoms with Gasteiger partial charge < -0.3 is 5.11 Å². The van der Waals surface area contributed by atoms with Crippen LogP contribution in [0.2, 0.25) is 5.02 Å². The number of likely N-dealkylation sites (tertiary alicyclic amines) is 1. The first kappa shape index (κ1) is 12.3. The molecule has 1 saturated heterocycles. The molecule has 5 nitrogen and oxygen atoms in total. The van der Waals surface area contributed by atoms with Crippen molar-refractivity contribution in [2.75, 3.05) is 13.1 Å². The van der Waals surface area contributed by atoms with Crippen molar-refractivity contribution >= 4 is 17.3 Å². The van der Waals surface area contributed by atoms with Crippen LogP contribution in [0.15, 0.2) is 18.2 Å². The number of hydrogen-bond acceptors (Lipinski definition) is 4. The molecule has 1 aliphatic heterocycles. The van der Waals surface area contributed by atoms with E-state index in [2.05, 4.69) is 0 Å². The first-order chi connectivity index (χ1) is 8.06. The van der Waals surface area contributed by atoms with Crippen LogP contribution in [0.1, 0.15) is 12.0 Å². The fraction of sp³-hybridized carbons (Fsp3) is 0.455. The highest BCUT2D eigenvalue weighted by molar-refractivity contribution is 6.30. The molecule has 0 radical (unpaired) electrons. The molecule has 1 aromatic carbocycles. The Morgan fingerprint density at radius 1 is 1.59 bits per heavy atom. The summed E-state index contributed by atoms with van der Waals surface area (Å²) in [6, 6.07) is 4.55. The monoisotopic (exact) mass is 256 g/mol. The Kier molecular flexibility index (Phi) is 3.61. The van der Waals surface area contributed by atoms with Gasteiger partial charge in [-0.25, -0.2) is 0 Å². The number of aliphatic hydroxyl groups excluding tert-OH is 1. The number of aliphatic hydroxyl groups is 1. The van der Waals surface area contributed by atoms with Crippen molar-refractivity contribution in [3.8, 4) is 0 Å². The van der Waals surface area contributed by atoms with Gasteiger partial charge in [-0.2, -0.15) is 0 Å². The normalized spacial score (nSPS) is 20.7. The minimum absolute atomic E-state index is 0.0794. The third-order valence-corrected chi connectivity index (χ3v) is 3.11. The van der Waals surface area contributed by atoms with Crippen LogP contribution in [0.4, 0.5) is 5.69 Å². The zero-order valence-electron chi connectivity index (χ0n) is 9.17. The lowest BCUT2D eigenvalue weighted by atomic mass is 10.1. The van der Waals surface area contributed by atoms with Crippen LogP contribution < -0.4 is 0 Å². The molecule has 0 unspecified atom stereocenters. The Bertz CT molecular complexity index is 439. The zero-order valence-corrected chi connectivity index (χ0v) is 9.93. The largest absolute Gasteiger partial charge is 0.392 e. The number of rotatable bonds is 3. The van der Waals surface area contributed by atoms with Crippen LogP contribution in [0.3, 0.4) is 0 Å². The van der Waals surface area contributed by atoms with Crippen LogP contribution in [-0.4, -0.2) is 34.1 Å². The summed E-state index contributed by atoms with van der Waals surface area (Å²) in [4.78, 5) is 12.5. The molecule has 6 heteroatoms. The van der Waals surface area contributed by atoms with E-state index in [4.69, 9.17) is 11.6 Å². The van der Waals surface area contributed by atoms with E-state index in [-0.39, 0.29) is 11.8 Å². The first-order valence-electron chi connectivity index (χ1n) is 5.39. The van der Waals surface area contributed by atoms with Crippen LogP contribution in [-0.2, 0) is 6.54 Å². The quantitative estimate of drug-likeness (QED) is 0.662. The van der Waals surface area contributed by atoms with Crippen molar-refractivity contribution in [3.05, 3.63) is 38.9 Å². The van der Waals surface area contributed by atoms with Crippen molar-refractivity contribution in [2.45, 2.75) is 19.1 Å². The smallest absolute Gasteiger partial charge is 0.273 e. The molecule has 1 aliphatic rings. The molecule has 92 valence electrons. The number of nitro groups is 1. The number of nitro benzene ring substituents is 1. The molecule has 0 bridgehead atoms. The van der Waals surface area contributed by atoms with Crippen molar-refractivity contribution in [1.29, 1.82) is 0 Å². The fourth-order valence-electron chi connectivity index (χ4n) is 2.06. The highest BCUT2D eigenvalue weighted by atomic mass is 35.5. The summed E-state index contributed by atoms with van der Waals surface area (Å²) in [5.41, 5.74) is 0.674. The van der Waals surface area contributed by atoms with Crippen molar-refractivity contribution in [3.63, 3.8) is 0 Å².